The summed E-state index contributed by atoms with van der Waals surface area (Å²) in [5.74, 6) is 0.683. The smallest absolute Gasteiger partial charge is 0.417 e. The van der Waals surface area contributed by atoms with Crippen LogP contribution in [0, 0.1) is 0 Å². The van der Waals surface area contributed by atoms with Crippen LogP contribution in [0.25, 0.3) is 0 Å². The van der Waals surface area contributed by atoms with E-state index in [2.05, 4.69) is 12.1 Å². The van der Waals surface area contributed by atoms with E-state index in [0.29, 0.717) is 5.92 Å². The van der Waals surface area contributed by atoms with E-state index in [9.17, 15) is 4.79 Å². The van der Waals surface area contributed by atoms with Gasteiger partial charge in [-0.15, -0.1) is 0 Å². The molecule has 21 heavy (non-hydrogen) atoms. The topological polar surface area (TPSA) is 38.8 Å². The number of anilines is 1. The number of hydrogen-bond donors (Lipinski definition) is 0. The van der Waals surface area contributed by atoms with Crippen LogP contribution in [0.1, 0.15) is 50.5 Å². The predicted molar refractivity (Wildman–Crippen MR) is 81.5 cm³/mol. The van der Waals surface area contributed by atoms with Crippen molar-refractivity contribution in [3.8, 4) is 0 Å². The van der Waals surface area contributed by atoms with E-state index in [4.69, 9.17) is 9.47 Å². The minimum Gasteiger partial charge on any atom is -0.417 e. The summed E-state index contributed by atoms with van der Waals surface area (Å²) in [7, 11) is 1.56. The molecule has 2 fully saturated rings. The summed E-state index contributed by atoms with van der Waals surface area (Å²) in [6, 6.07) is 8.26. The molecule has 0 bridgehead atoms. The Morgan fingerprint density at radius 3 is 2.38 bits per heavy atom. The van der Waals surface area contributed by atoms with Gasteiger partial charge in [-0.05, 0) is 43.4 Å². The Balaban J connectivity index is 1.76. The molecule has 4 nitrogen and oxygen atoms in total. The van der Waals surface area contributed by atoms with Crippen LogP contribution in [0.2, 0.25) is 0 Å². The zero-order chi connectivity index (χ0) is 14.8. The number of amides is 1. The Hall–Kier alpha value is -1.55. The molecule has 1 amide bonds. The molecule has 2 atom stereocenters. The maximum atomic E-state index is 12.0. The quantitative estimate of drug-likeness (QED) is 0.842. The summed E-state index contributed by atoms with van der Waals surface area (Å²) in [4.78, 5) is 13.6. The lowest BCUT2D eigenvalue weighted by Gasteiger charge is -2.24. The Bertz CT molecular complexity index is 493. The van der Waals surface area contributed by atoms with Gasteiger partial charge >= 0.3 is 6.09 Å². The molecule has 4 heteroatoms. The molecule has 1 aromatic carbocycles. The molecule has 3 rings (SSSR count). The minimum absolute atomic E-state index is 0.108. The van der Waals surface area contributed by atoms with Gasteiger partial charge in [0.2, 0.25) is 6.29 Å². The number of carbonyl (C=O) groups is 1. The van der Waals surface area contributed by atoms with E-state index in [-0.39, 0.29) is 12.1 Å². The highest BCUT2D eigenvalue weighted by molar-refractivity contribution is 5.90. The molecule has 1 aliphatic carbocycles. The van der Waals surface area contributed by atoms with Crippen molar-refractivity contribution in [2.45, 2.75) is 57.3 Å². The van der Waals surface area contributed by atoms with Gasteiger partial charge in [-0.2, -0.15) is 0 Å². The molecule has 0 N–H and O–H groups in total. The van der Waals surface area contributed by atoms with Gasteiger partial charge in [0.1, 0.15) is 6.04 Å². The van der Waals surface area contributed by atoms with Gasteiger partial charge in [0.05, 0.1) is 0 Å². The second kappa shape index (κ2) is 6.06. The zero-order valence-electron chi connectivity index (χ0n) is 12.7. The van der Waals surface area contributed by atoms with Gasteiger partial charge in [-0.1, -0.05) is 31.4 Å². The number of methoxy groups -OCH3 is 1. The third kappa shape index (κ3) is 2.77. The van der Waals surface area contributed by atoms with Crippen molar-refractivity contribution >= 4 is 11.8 Å². The van der Waals surface area contributed by atoms with E-state index in [1.807, 2.05) is 19.1 Å². The largest absolute Gasteiger partial charge is 0.417 e. The average molecular weight is 289 g/mol. The van der Waals surface area contributed by atoms with Crippen molar-refractivity contribution in [1.82, 2.24) is 0 Å². The molecule has 1 aliphatic heterocycles. The van der Waals surface area contributed by atoms with Crippen molar-refractivity contribution < 1.29 is 14.3 Å². The van der Waals surface area contributed by atoms with E-state index < -0.39 is 6.29 Å². The van der Waals surface area contributed by atoms with Crippen LogP contribution in [-0.4, -0.2) is 25.5 Å². The van der Waals surface area contributed by atoms with E-state index in [1.54, 1.807) is 12.0 Å². The number of cyclic esters (lactones) is 1. The summed E-state index contributed by atoms with van der Waals surface area (Å²) >= 11 is 0. The minimum atomic E-state index is -0.490. The van der Waals surface area contributed by atoms with Gasteiger partial charge in [-0.3, -0.25) is 4.90 Å². The fourth-order valence-corrected chi connectivity index (χ4v) is 3.47. The Morgan fingerprint density at radius 1 is 1.14 bits per heavy atom. The lowest BCUT2D eigenvalue weighted by atomic mass is 9.84. The van der Waals surface area contributed by atoms with Crippen LogP contribution in [-0.2, 0) is 9.47 Å². The molecule has 1 unspecified atom stereocenters. The fourth-order valence-electron chi connectivity index (χ4n) is 3.47. The van der Waals surface area contributed by atoms with Gasteiger partial charge in [0, 0.05) is 12.8 Å². The highest BCUT2D eigenvalue weighted by atomic mass is 16.7. The van der Waals surface area contributed by atoms with Crippen LogP contribution < -0.4 is 4.90 Å². The van der Waals surface area contributed by atoms with Crippen molar-refractivity contribution in [2.75, 3.05) is 12.0 Å². The van der Waals surface area contributed by atoms with Gasteiger partial charge in [0.15, 0.2) is 0 Å². The Morgan fingerprint density at radius 2 is 1.81 bits per heavy atom. The first-order valence-electron chi connectivity index (χ1n) is 7.83. The summed E-state index contributed by atoms with van der Waals surface area (Å²) in [5.41, 5.74) is 2.27. The molecule has 114 valence electrons. The molecular formula is C17H23NO3. The normalized spacial score (nSPS) is 27.0. The van der Waals surface area contributed by atoms with Crippen LogP contribution in [0.15, 0.2) is 24.3 Å². The third-order valence-corrected chi connectivity index (χ3v) is 4.69. The van der Waals surface area contributed by atoms with Crippen LogP contribution in [0.5, 0.6) is 0 Å². The van der Waals surface area contributed by atoms with Crippen LogP contribution >= 0.6 is 0 Å². The highest BCUT2D eigenvalue weighted by Gasteiger charge is 2.39. The lowest BCUT2D eigenvalue weighted by Crippen LogP contribution is -2.34. The molecular weight excluding hydrogens is 266 g/mol. The maximum absolute atomic E-state index is 12.0. The molecule has 0 radical (unpaired) electrons. The number of benzene rings is 1. The molecule has 0 aromatic heterocycles. The van der Waals surface area contributed by atoms with Crippen molar-refractivity contribution in [3.63, 3.8) is 0 Å². The number of rotatable bonds is 3. The molecule has 1 aromatic rings. The number of ether oxygens (including phenoxy) is 2. The first kappa shape index (κ1) is 14.4. The second-order valence-corrected chi connectivity index (χ2v) is 6.02. The van der Waals surface area contributed by atoms with Crippen LogP contribution in [0.4, 0.5) is 10.5 Å². The Kier molecular flexibility index (Phi) is 4.15. The second-order valence-electron chi connectivity index (χ2n) is 6.02. The number of hydrogen-bond acceptors (Lipinski definition) is 3. The SMILES string of the molecule is COC1OC(=O)N(c2ccc(C3CCCCC3)cc2)[C@@H]1C. The van der Waals surface area contributed by atoms with Gasteiger partial charge in [-0.25, -0.2) is 4.79 Å². The van der Waals surface area contributed by atoms with E-state index in [1.165, 1.54) is 37.7 Å². The monoisotopic (exact) mass is 289 g/mol. The summed E-state index contributed by atoms with van der Waals surface area (Å²) in [6.45, 7) is 1.94. The van der Waals surface area contributed by atoms with Crippen molar-refractivity contribution in [3.05, 3.63) is 29.8 Å². The fraction of sp³-hybridized carbons (Fsp3) is 0.588. The summed E-state index contributed by atoms with van der Waals surface area (Å²) in [5, 5.41) is 0. The maximum Gasteiger partial charge on any atom is 0.417 e. The highest BCUT2D eigenvalue weighted by Crippen LogP contribution is 2.34. The van der Waals surface area contributed by atoms with E-state index in [0.717, 1.165) is 5.69 Å². The molecule has 1 saturated heterocycles. The molecule has 1 saturated carbocycles. The molecule has 2 aliphatic rings. The predicted octanol–water partition coefficient (Wildman–Crippen LogP) is 4.05. The molecule has 0 spiro atoms. The number of nitrogens with zero attached hydrogens (tertiary/aromatic N) is 1. The standard InChI is InChI=1S/C17H23NO3/c1-12-16(20-2)21-17(19)18(12)15-10-8-14(9-11-15)13-6-4-3-5-7-13/h8-13,16H,3-7H2,1-2H3/t12-,16?/m1/s1. The van der Waals surface area contributed by atoms with Gasteiger partial charge < -0.3 is 9.47 Å². The summed E-state index contributed by atoms with van der Waals surface area (Å²) < 4.78 is 10.4. The average Bonchev–Trinajstić information content (AvgIpc) is 2.82. The molecule has 1 heterocycles. The first-order chi connectivity index (χ1) is 10.2. The number of carbonyl (C=O) groups excluding carboxylic acids is 1. The Labute approximate surface area is 126 Å². The first-order valence-corrected chi connectivity index (χ1v) is 7.83. The zero-order valence-corrected chi connectivity index (χ0v) is 12.7. The third-order valence-electron chi connectivity index (χ3n) is 4.69. The van der Waals surface area contributed by atoms with E-state index >= 15 is 0 Å². The van der Waals surface area contributed by atoms with Crippen LogP contribution in [0.3, 0.4) is 0 Å². The van der Waals surface area contributed by atoms with Gasteiger partial charge in [0.25, 0.3) is 0 Å². The summed E-state index contributed by atoms with van der Waals surface area (Å²) in [6.07, 6.45) is 5.77. The lowest BCUT2D eigenvalue weighted by molar-refractivity contribution is -0.0640. The van der Waals surface area contributed by atoms with Crippen molar-refractivity contribution in [2.24, 2.45) is 0 Å². The van der Waals surface area contributed by atoms with Crippen molar-refractivity contribution in [1.29, 1.82) is 0 Å².